The molecule has 0 spiro atoms. The Hall–Kier alpha value is -0.170. The van der Waals surface area contributed by atoms with Crippen LogP contribution in [0, 0.1) is 5.92 Å². The van der Waals surface area contributed by atoms with Crippen molar-refractivity contribution < 1.29 is 8.42 Å². The van der Waals surface area contributed by atoms with Crippen LogP contribution < -0.4 is 5.32 Å². The molecule has 0 aliphatic carbocycles. The van der Waals surface area contributed by atoms with Gasteiger partial charge in [0.2, 0.25) is 10.0 Å². The summed E-state index contributed by atoms with van der Waals surface area (Å²) in [6.45, 7) is 4.81. The molecule has 2 bridgehead atoms. The van der Waals surface area contributed by atoms with Crippen LogP contribution in [-0.4, -0.2) is 68.7 Å². The van der Waals surface area contributed by atoms with Crippen molar-refractivity contribution in [1.29, 1.82) is 0 Å². The lowest BCUT2D eigenvalue weighted by atomic mass is 9.98. The third-order valence-corrected chi connectivity index (χ3v) is 6.34. The van der Waals surface area contributed by atoms with E-state index in [-0.39, 0.29) is 0 Å². The normalized spacial score (nSPS) is 37.0. The Labute approximate surface area is 122 Å². The second-order valence-corrected chi connectivity index (χ2v) is 8.80. The lowest BCUT2D eigenvalue weighted by molar-refractivity contribution is 0.173. The van der Waals surface area contributed by atoms with Crippen LogP contribution in [0.15, 0.2) is 0 Å². The highest BCUT2D eigenvalue weighted by Crippen LogP contribution is 2.24. The van der Waals surface area contributed by atoms with Gasteiger partial charge in [-0.1, -0.05) is 0 Å². The monoisotopic (exact) mass is 301 g/mol. The van der Waals surface area contributed by atoms with Gasteiger partial charge < -0.3 is 10.2 Å². The number of piperidine rings is 1. The van der Waals surface area contributed by atoms with Crippen molar-refractivity contribution in [3.05, 3.63) is 0 Å². The van der Waals surface area contributed by atoms with Crippen LogP contribution in [0.25, 0.3) is 0 Å². The smallest absolute Gasteiger partial charge is 0.211 e. The van der Waals surface area contributed by atoms with E-state index in [2.05, 4.69) is 10.2 Å². The number of fused-ring (bicyclic) bond motifs is 2. The van der Waals surface area contributed by atoms with E-state index in [1.807, 2.05) is 0 Å². The van der Waals surface area contributed by atoms with Crippen molar-refractivity contribution in [2.24, 2.45) is 5.92 Å². The van der Waals surface area contributed by atoms with Crippen molar-refractivity contribution in [2.45, 2.75) is 44.2 Å². The highest BCUT2D eigenvalue weighted by molar-refractivity contribution is 7.88. The van der Waals surface area contributed by atoms with Gasteiger partial charge in [-0.15, -0.1) is 0 Å². The van der Waals surface area contributed by atoms with Crippen LogP contribution in [0.2, 0.25) is 0 Å². The lowest BCUT2D eigenvalue weighted by Crippen LogP contribution is -2.45. The van der Waals surface area contributed by atoms with E-state index in [0.717, 1.165) is 32.1 Å². The van der Waals surface area contributed by atoms with Crippen LogP contribution in [0.4, 0.5) is 0 Å². The molecule has 20 heavy (non-hydrogen) atoms. The number of hydrogen-bond acceptors (Lipinski definition) is 4. The van der Waals surface area contributed by atoms with E-state index >= 15 is 0 Å². The fourth-order valence-electron chi connectivity index (χ4n) is 4.02. The number of hydrogen-bond donors (Lipinski definition) is 1. The molecule has 5 nitrogen and oxygen atoms in total. The molecule has 3 aliphatic rings. The molecule has 1 N–H and O–H groups in total. The molecule has 3 unspecified atom stereocenters. The summed E-state index contributed by atoms with van der Waals surface area (Å²) in [6, 6.07) is 1.39. The van der Waals surface area contributed by atoms with E-state index in [1.54, 1.807) is 4.31 Å². The van der Waals surface area contributed by atoms with Gasteiger partial charge in [0.15, 0.2) is 0 Å². The summed E-state index contributed by atoms with van der Waals surface area (Å²) in [4.78, 5) is 2.56. The standard InChI is InChI=1S/C14H27N3O2S/c1-20(18,19)17-7-2-3-12(10-17)9-16-8-6-13-4-5-14(11-16)15-13/h12-15H,2-11H2,1H3. The molecule has 0 amide bonds. The Bertz CT molecular complexity index is 440. The molecule has 3 atom stereocenters. The van der Waals surface area contributed by atoms with Crippen molar-refractivity contribution in [1.82, 2.24) is 14.5 Å². The Morgan fingerprint density at radius 3 is 2.65 bits per heavy atom. The van der Waals surface area contributed by atoms with E-state index in [1.165, 1.54) is 38.5 Å². The molecule has 0 aromatic heterocycles. The highest BCUT2D eigenvalue weighted by atomic mass is 32.2. The Balaban J connectivity index is 1.55. The number of nitrogens with one attached hydrogen (secondary N) is 1. The van der Waals surface area contributed by atoms with Gasteiger partial charge >= 0.3 is 0 Å². The molecule has 3 fully saturated rings. The lowest BCUT2D eigenvalue weighted by Gasteiger charge is -2.35. The molecule has 3 saturated heterocycles. The molecular formula is C14H27N3O2S. The van der Waals surface area contributed by atoms with E-state index in [4.69, 9.17) is 0 Å². The number of rotatable bonds is 3. The SMILES string of the molecule is CS(=O)(=O)N1CCCC(CN2CCC3CCC(C2)N3)C1. The zero-order valence-electron chi connectivity index (χ0n) is 12.4. The number of sulfonamides is 1. The Morgan fingerprint density at radius 1 is 1.05 bits per heavy atom. The maximum Gasteiger partial charge on any atom is 0.211 e. The first kappa shape index (κ1) is 14.8. The molecule has 0 aromatic rings. The maximum atomic E-state index is 11.7. The van der Waals surface area contributed by atoms with Crippen LogP contribution in [0.3, 0.4) is 0 Å². The quantitative estimate of drug-likeness (QED) is 0.824. The van der Waals surface area contributed by atoms with Crippen LogP contribution in [-0.2, 0) is 10.0 Å². The predicted octanol–water partition coefficient (Wildman–Crippen LogP) is 0.484. The van der Waals surface area contributed by atoms with Gasteiger partial charge in [0.1, 0.15) is 0 Å². The second kappa shape index (κ2) is 5.91. The highest BCUT2D eigenvalue weighted by Gasteiger charge is 2.32. The molecule has 6 heteroatoms. The molecule has 0 aromatic carbocycles. The van der Waals surface area contributed by atoms with Crippen LogP contribution in [0.1, 0.15) is 32.1 Å². The van der Waals surface area contributed by atoms with Gasteiger partial charge in [-0.3, -0.25) is 0 Å². The first-order chi connectivity index (χ1) is 9.50. The summed E-state index contributed by atoms with van der Waals surface area (Å²) in [5, 5.41) is 3.71. The van der Waals surface area contributed by atoms with Crippen molar-refractivity contribution in [2.75, 3.05) is 39.0 Å². The first-order valence-corrected chi connectivity index (χ1v) is 9.79. The topological polar surface area (TPSA) is 52.7 Å². The van der Waals surface area contributed by atoms with Gasteiger partial charge in [-0.2, -0.15) is 0 Å². The summed E-state index contributed by atoms with van der Waals surface area (Å²) in [7, 11) is -3.01. The van der Waals surface area contributed by atoms with Gasteiger partial charge in [-0.25, -0.2) is 12.7 Å². The van der Waals surface area contributed by atoms with Gasteiger partial charge in [0, 0.05) is 38.3 Å². The van der Waals surface area contributed by atoms with Crippen molar-refractivity contribution in [3.63, 3.8) is 0 Å². The summed E-state index contributed by atoms with van der Waals surface area (Å²) >= 11 is 0. The minimum atomic E-state index is -3.01. The second-order valence-electron chi connectivity index (χ2n) is 6.82. The van der Waals surface area contributed by atoms with E-state index in [0.29, 0.717) is 18.5 Å². The average molecular weight is 301 g/mol. The van der Waals surface area contributed by atoms with Crippen molar-refractivity contribution in [3.8, 4) is 0 Å². The van der Waals surface area contributed by atoms with Crippen molar-refractivity contribution >= 4 is 10.0 Å². The molecular weight excluding hydrogens is 274 g/mol. The number of likely N-dealkylation sites (tertiary alicyclic amines) is 1. The largest absolute Gasteiger partial charge is 0.310 e. The zero-order chi connectivity index (χ0) is 14.2. The van der Waals surface area contributed by atoms with Gasteiger partial charge in [0.25, 0.3) is 0 Å². The summed E-state index contributed by atoms with van der Waals surface area (Å²) < 4.78 is 25.0. The fraction of sp³-hybridized carbons (Fsp3) is 1.00. The Kier molecular flexibility index (Phi) is 4.36. The molecule has 3 rings (SSSR count). The molecule has 0 saturated carbocycles. The van der Waals surface area contributed by atoms with E-state index in [9.17, 15) is 8.42 Å². The third kappa shape index (κ3) is 3.53. The summed E-state index contributed by atoms with van der Waals surface area (Å²) in [5.74, 6) is 0.509. The fourth-order valence-corrected chi connectivity index (χ4v) is 4.97. The first-order valence-electron chi connectivity index (χ1n) is 7.94. The van der Waals surface area contributed by atoms with Gasteiger partial charge in [0.05, 0.1) is 6.26 Å². The van der Waals surface area contributed by atoms with Crippen LogP contribution in [0.5, 0.6) is 0 Å². The average Bonchev–Trinajstić information content (AvgIpc) is 2.72. The summed E-state index contributed by atoms with van der Waals surface area (Å²) in [6.07, 6.45) is 7.41. The van der Waals surface area contributed by atoms with E-state index < -0.39 is 10.0 Å². The molecule has 3 heterocycles. The minimum absolute atomic E-state index is 0.509. The van der Waals surface area contributed by atoms with Crippen LogP contribution >= 0.6 is 0 Å². The number of nitrogens with zero attached hydrogens (tertiary/aromatic N) is 2. The third-order valence-electron chi connectivity index (χ3n) is 5.07. The summed E-state index contributed by atoms with van der Waals surface area (Å²) in [5.41, 5.74) is 0. The zero-order valence-corrected chi connectivity index (χ0v) is 13.2. The van der Waals surface area contributed by atoms with Gasteiger partial charge in [-0.05, 0) is 44.6 Å². The maximum absolute atomic E-state index is 11.7. The molecule has 0 radical (unpaired) electrons. The molecule has 116 valence electrons. The Morgan fingerprint density at radius 2 is 1.85 bits per heavy atom. The predicted molar refractivity (Wildman–Crippen MR) is 80.1 cm³/mol. The minimum Gasteiger partial charge on any atom is -0.310 e. The molecule has 3 aliphatic heterocycles.